The fourth-order valence-corrected chi connectivity index (χ4v) is 6.81. The number of nitrogens with zero attached hydrogens (tertiary/aromatic N) is 1. The highest BCUT2D eigenvalue weighted by Crippen LogP contribution is 2.41. The first-order valence-electron chi connectivity index (χ1n) is 20.9. The van der Waals surface area contributed by atoms with Crippen LogP contribution in [0.2, 0.25) is 5.02 Å². The van der Waals surface area contributed by atoms with Crippen molar-refractivity contribution in [2.24, 2.45) is 0 Å². The number of ether oxygens (including phenoxy) is 4. The monoisotopic (exact) mass is 959 g/mol. The van der Waals surface area contributed by atoms with Crippen LogP contribution in [0, 0.1) is 0 Å². The van der Waals surface area contributed by atoms with Crippen molar-refractivity contribution in [3.05, 3.63) is 107 Å². The van der Waals surface area contributed by atoms with E-state index in [-0.39, 0.29) is 46.1 Å². The van der Waals surface area contributed by atoms with Crippen molar-refractivity contribution in [2.45, 2.75) is 71.2 Å². The Labute approximate surface area is 397 Å². The number of amides is 5. The van der Waals surface area contributed by atoms with Crippen LogP contribution in [0.15, 0.2) is 84.9 Å². The van der Waals surface area contributed by atoms with Gasteiger partial charge in [0.1, 0.15) is 34.8 Å². The zero-order valence-electron chi connectivity index (χ0n) is 37.9. The van der Waals surface area contributed by atoms with Gasteiger partial charge in [-0.15, -0.1) is 11.6 Å². The highest BCUT2D eigenvalue weighted by molar-refractivity contribution is 6.30. The number of fused-ring (bicyclic) bond motifs is 5. The number of ketones is 1. The summed E-state index contributed by atoms with van der Waals surface area (Å²) in [5.74, 6) is -4.87. The topological polar surface area (TPSA) is 225 Å². The van der Waals surface area contributed by atoms with E-state index in [1.807, 2.05) is 12.1 Å². The van der Waals surface area contributed by atoms with Crippen molar-refractivity contribution < 1.29 is 57.3 Å². The molecule has 2 atom stereocenters. The molecule has 0 aliphatic carbocycles. The summed E-state index contributed by atoms with van der Waals surface area (Å²) in [5, 5.41) is 10.7. The van der Waals surface area contributed by atoms with E-state index in [0.29, 0.717) is 10.6 Å². The highest BCUT2D eigenvalue weighted by Gasteiger charge is 2.33. The highest BCUT2D eigenvalue weighted by atomic mass is 35.5. The third kappa shape index (κ3) is 14.8. The van der Waals surface area contributed by atoms with Gasteiger partial charge in [-0.2, -0.15) is 0 Å². The summed E-state index contributed by atoms with van der Waals surface area (Å²) in [6.45, 7) is 8.13. The molecule has 4 N–H and O–H groups in total. The van der Waals surface area contributed by atoms with E-state index in [0.717, 1.165) is 16.0 Å². The van der Waals surface area contributed by atoms with Crippen molar-refractivity contribution in [3.63, 3.8) is 0 Å². The molecular formula is C48H51Cl2N5O12. The Balaban J connectivity index is 1.57. The Hall–Kier alpha value is -6.98. The minimum atomic E-state index is -1.52. The second kappa shape index (κ2) is 22.0. The predicted molar refractivity (Wildman–Crippen MR) is 248 cm³/mol. The quantitative estimate of drug-likeness (QED) is 0.0737. The van der Waals surface area contributed by atoms with E-state index in [1.54, 1.807) is 77.9 Å². The largest absolute Gasteiger partial charge is 0.514 e. The summed E-state index contributed by atoms with van der Waals surface area (Å²) < 4.78 is 22.3. The van der Waals surface area contributed by atoms with Gasteiger partial charge in [-0.1, -0.05) is 48.0 Å². The van der Waals surface area contributed by atoms with Gasteiger partial charge in [0.15, 0.2) is 5.78 Å². The first-order valence-corrected chi connectivity index (χ1v) is 21.8. The molecule has 0 saturated carbocycles. The van der Waals surface area contributed by atoms with Crippen LogP contribution in [0.1, 0.15) is 69.1 Å². The number of carbonyl (C=O) groups excluding carboxylic acids is 8. The van der Waals surface area contributed by atoms with Crippen molar-refractivity contribution in [1.29, 1.82) is 0 Å². The lowest BCUT2D eigenvalue weighted by atomic mass is 9.94. The molecule has 1 aliphatic rings. The van der Waals surface area contributed by atoms with Crippen LogP contribution in [0.5, 0.6) is 11.5 Å². The molecule has 354 valence electrons. The summed E-state index contributed by atoms with van der Waals surface area (Å²) in [6.07, 6.45) is -2.40. The molecule has 5 amide bonds. The lowest BCUT2D eigenvalue weighted by Gasteiger charge is -2.29. The van der Waals surface area contributed by atoms with Gasteiger partial charge in [-0.3, -0.25) is 28.8 Å². The number of carbonyl (C=O) groups is 8. The molecule has 5 rings (SSSR count). The molecule has 0 fully saturated rings. The minimum absolute atomic E-state index is 0.0487. The maximum absolute atomic E-state index is 14.3. The molecule has 17 nitrogen and oxygen atoms in total. The van der Waals surface area contributed by atoms with E-state index in [1.165, 1.54) is 43.4 Å². The molecular weight excluding hydrogens is 909 g/mol. The average Bonchev–Trinajstić information content (AvgIpc) is 3.25. The predicted octanol–water partition coefficient (Wildman–Crippen LogP) is 6.31. The molecule has 2 unspecified atom stereocenters. The third-order valence-corrected chi connectivity index (χ3v) is 10.2. The van der Waals surface area contributed by atoms with Gasteiger partial charge in [0.2, 0.25) is 23.6 Å². The Morgan fingerprint density at radius 1 is 0.731 bits per heavy atom. The van der Waals surface area contributed by atoms with Crippen molar-refractivity contribution >= 4 is 70.8 Å². The molecule has 19 heteroatoms. The SMILES string of the molecule is CN(C(=O)CNC(=O)c1ccc(-c2ccc(Cl)cc2)cc1)C1C(=O)NCC(=O)NC(C(=O)NCC(=O)CCl)Cc2ccc(OC(=O)OC(C)(C)C)c(c2)-c2cc1ccc2OC(=O)OC(C)(C)C. The van der Waals surface area contributed by atoms with E-state index in [2.05, 4.69) is 21.3 Å². The molecule has 0 radical (unpaired) electrons. The van der Waals surface area contributed by atoms with Gasteiger partial charge in [0.05, 0.1) is 25.5 Å². The van der Waals surface area contributed by atoms with Crippen LogP contribution in [0.3, 0.4) is 0 Å². The number of nitrogens with one attached hydrogen (secondary N) is 4. The molecule has 0 aromatic heterocycles. The van der Waals surface area contributed by atoms with Crippen LogP contribution in [0.4, 0.5) is 9.59 Å². The normalized spacial score (nSPS) is 15.1. The number of rotatable bonds is 11. The summed E-state index contributed by atoms with van der Waals surface area (Å²) >= 11 is 11.7. The fraction of sp³-hybridized carbons (Fsp3) is 0.333. The Morgan fingerprint density at radius 2 is 1.28 bits per heavy atom. The van der Waals surface area contributed by atoms with Crippen LogP contribution in [-0.4, -0.2) is 102 Å². The van der Waals surface area contributed by atoms with Gasteiger partial charge >= 0.3 is 12.3 Å². The zero-order chi connectivity index (χ0) is 49.2. The number of hydrogen-bond donors (Lipinski definition) is 4. The van der Waals surface area contributed by atoms with Gasteiger partial charge in [0.25, 0.3) is 5.91 Å². The number of halogens is 2. The van der Waals surface area contributed by atoms with Crippen molar-refractivity contribution in [3.8, 4) is 33.8 Å². The summed E-state index contributed by atoms with van der Waals surface area (Å²) in [4.78, 5) is 108. The summed E-state index contributed by atoms with van der Waals surface area (Å²) in [7, 11) is 1.31. The number of hydrogen-bond acceptors (Lipinski definition) is 12. The maximum atomic E-state index is 14.3. The molecule has 0 saturated heterocycles. The molecule has 4 bridgehead atoms. The van der Waals surface area contributed by atoms with Crippen molar-refractivity contribution in [2.75, 3.05) is 32.6 Å². The van der Waals surface area contributed by atoms with Crippen LogP contribution in [-0.2, 0) is 39.9 Å². The van der Waals surface area contributed by atoms with Gasteiger partial charge in [0, 0.05) is 35.2 Å². The van der Waals surface area contributed by atoms with Crippen LogP contribution in [0.25, 0.3) is 22.3 Å². The minimum Gasteiger partial charge on any atom is -0.428 e. The molecule has 4 aromatic carbocycles. The van der Waals surface area contributed by atoms with Gasteiger partial charge in [-0.05, 0) is 112 Å². The number of benzene rings is 4. The molecule has 4 aromatic rings. The van der Waals surface area contributed by atoms with Gasteiger partial charge in [-0.25, -0.2) is 9.59 Å². The fourth-order valence-electron chi connectivity index (χ4n) is 6.59. The maximum Gasteiger partial charge on any atom is 0.514 e. The summed E-state index contributed by atoms with van der Waals surface area (Å²) in [5.41, 5.74) is 0.628. The Kier molecular flexibility index (Phi) is 16.8. The summed E-state index contributed by atoms with van der Waals surface area (Å²) in [6, 6.07) is 19.6. The standard InChI is InChI=1S/C48H51Cl2N5O12/c1-47(2,3)66-45(62)64-37-18-8-27-20-34(37)35-22-31(15-19-38(35)65-46(63)67-48(4,5)6)41(44(61)52-25-39(57)54-36(21-27)43(60)51-24-33(56)23-49)55(7)40(58)26-53-42(59)30-11-9-28(10-12-30)29-13-16-32(50)17-14-29/h8-20,22,36,41H,21,23-26H2,1-7H3,(H,51,60)(H,52,61)(H,53,59)(H,54,57). The van der Waals surface area contributed by atoms with Gasteiger partial charge < -0.3 is 45.1 Å². The van der Waals surface area contributed by atoms with E-state index >= 15 is 0 Å². The van der Waals surface area contributed by atoms with Crippen LogP contribution >= 0.6 is 23.2 Å². The van der Waals surface area contributed by atoms with Crippen LogP contribution < -0.4 is 30.7 Å². The molecule has 0 spiro atoms. The second-order valence-electron chi connectivity index (χ2n) is 17.3. The molecule has 67 heavy (non-hydrogen) atoms. The zero-order valence-corrected chi connectivity index (χ0v) is 39.4. The Morgan fingerprint density at radius 3 is 1.85 bits per heavy atom. The Bertz CT molecular complexity index is 2540. The lowest BCUT2D eigenvalue weighted by Crippen LogP contribution is -2.52. The molecule has 1 aliphatic heterocycles. The first kappa shape index (κ1) is 51.0. The second-order valence-corrected chi connectivity index (χ2v) is 18.0. The lowest BCUT2D eigenvalue weighted by molar-refractivity contribution is -0.139. The third-order valence-electron chi connectivity index (χ3n) is 9.70. The number of Topliss-reactive ketones (excluding diaryl/α,β-unsaturated/α-hetero) is 1. The number of likely N-dealkylation sites (N-methyl/N-ethyl adjacent to an activating group) is 1. The smallest absolute Gasteiger partial charge is 0.428 e. The molecule has 1 heterocycles. The van der Waals surface area contributed by atoms with E-state index < -0.39 is 90.5 Å². The van der Waals surface area contributed by atoms with E-state index in [4.69, 9.17) is 42.1 Å². The first-order chi connectivity index (χ1) is 31.5. The number of alkyl halides is 1. The van der Waals surface area contributed by atoms with E-state index in [9.17, 15) is 38.4 Å². The average molecular weight is 961 g/mol. The van der Waals surface area contributed by atoms with Crippen molar-refractivity contribution in [1.82, 2.24) is 26.2 Å².